The van der Waals surface area contributed by atoms with E-state index in [1.54, 1.807) is 29.2 Å². The van der Waals surface area contributed by atoms with E-state index in [0.717, 1.165) is 0 Å². The van der Waals surface area contributed by atoms with E-state index in [-0.39, 0.29) is 19.1 Å². The lowest BCUT2D eigenvalue weighted by Crippen LogP contribution is -2.31. The van der Waals surface area contributed by atoms with Gasteiger partial charge in [0.2, 0.25) is 6.79 Å². The molecule has 0 saturated heterocycles. The Balaban J connectivity index is 2.02. The molecule has 0 spiro atoms. The number of aliphatic hydroxyl groups is 1. The highest BCUT2D eigenvalue weighted by Gasteiger charge is 2.27. The first-order chi connectivity index (χ1) is 14.4. The monoisotopic (exact) mass is 479 g/mol. The molecular weight excluding hydrogens is 454 g/mol. The first-order valence-electron chi connectivity index (χ1n) is 9.75. The van der Waals surface area contributed by atoms with E-state index in [1.807, 2.05) is 13.8 Å². The Labute approximate surface area is 184 Å². The van der Waals surface area contributed by atoms with Gasteiger partial charge in [0.05, 0.1) is 25.9 Å². The fourth-order valence-electron chi connectivity index (χ4n) is 3.55. The Morgan fingerprint density at radius 3 is 2.43 bits per heavy atom. The third-order valence-corrected chi connectivity index (χ3v) is 5.85. The maximum absolute atomic E-state index is 13.3. The van der Waals surface area contributed by atoms with Crippen LogP contribution in [0, 0.1) is 0 Å². The van der Waals surface area contributed by atoms with Crippen LogP contribution in [0.2, 0.25) is 0 Å². The van der Waals surface area contributed by atoms with Crippen molar-refractivity contribution in [1.82, 2.24) is 4.90 Å². The van der Waals surface area contributed by atoms with Gasteiger partial charge >= 0.3 is 0 Å². The van der Waals surface area contributed by atoms with Crippen molar-refractivity contribution in [2.45, 2.75) is 26.4 Å². The number of rotatable bonds is 8. The molecule has 162 valence electrons. The molecular formula is C22H26BrNO6. The third-order valence-electron chi connectivity index (χ3n) is 5.16. The number of fused-ring (bicyclic) bond motifs is 1. The maximum atomic E-state index is 13.3. The SMILES string of the molecule is CCN(CC)C(=O)c1c(CC(O)c2cc3c(cc2Br)OCO3)ccc(OC)c1OC. The molecule has 0 bridgehead atoms. The third kappa shape index (κ3) is 4.20. The van der Waals surface area contributed by atoms with E-state index in [2.05, 4.69) is 15.9 Å². The Morgan fingerprint density at radius 1 is 1.17 bits per heavy atom. The van der Waals surface area contributed by atoms with Crippen LogP contribution in [-0.2, 0) is 6.42 Å². The molecule has 0 aliphatic carbocycles. The van der Waals surface area contributed by atoms with Gasteiger partial charge < -0.3 is 29.0 Å². The topological polar surface area (TPSA) is 77.5 Å². The zero-order valence-electron chi connectivity index (χ0n) is 17.5. The van der Waals surface area contributed by atoms with Crippen LogP contribution in [0.25, 0.3) is 0 Å². The number of hydrogen-bond acceptors (Lipinski definition) is 6. The fraction of sp³-hybridized carbons (Fsp3) is 0.409. The summed E-state index contributed by atoms with van der Waals surface area (Å²) < 4.78 is 22.4. The zero-order valence-corrected chi connectivity index (χ0v) is 19.1. The Bertz CT molecular complexity index is 928. The number of carbonyl (C=O) groups is 1. The standard InChI is InChI=1S/C22H26BrNO6/c1-5-24(6-2)22(26)20-13(7-8-17(27-3)21(20)28-4)9-16(25)14-10-18-19(11-15(14)23)30-12-29-18/h7-8,10-11,16,25H,5-6,9,12H2,1-4H3. The van der Waals surface area contributed by atoms with E-state index in [1.165, 1.54) is 14.2 Å². The number of hydrogen-bond donors (Lipinski definition) is 1. The molecule has 8 heteroatoms. The molecule has 1 heterocycles. The maximum Gasteiger partial charge on any atom is 0.258 e. The molecule has 1 atom stereocenters. The normalized spacial score (nSPS) is 13.1. The number of carbonyl (C=O) groups excluding carboxylic acids is 1. The highest BCUT2D eigenvalue weighted by atomic mass is 79.9. The quantitative estimate of drug-likeness (QED) is 0.617. The second-order valence-electron chi connectivity index (χ2n) is 6.76. The molecule has 1 aliphatic rings. The second-order valence-corrected chi connectivity index (χ2v) is 7.61. The summed E-state index contributed by atoms with van der Waals surface area (Å²) in [6.07, 6.45) is -0.670. The van der Waals surface area contributed by atoms with Gasteiger partial charge in [-0.2, -0.15) is 0 Å². The predicted octanol–water partition coefficient (Wildman–Crippen LogP) is 3.95. The van der Waals surface area contributed by atoms with Gasteiger partial charge in [-0.15, -0.1) is 0 Å². The van der Waals surface area contributed by atoms with Crippen LogP contribution in [0.3, 0.4) is 0 Å². The number of halogens is 1. The van der Waals surface area contributed by atoms with Crippen molar-refractivity contribution in [3.63, 3.8) is 0 Å². The molecule has 2 aromatic rings. The van der Waals surface area contributed by atoms with E-state index in [9.17, 15) is 9.90 Å². The molecule has 1 unspecified atom stereocenters. The molecule has 0 fully saturated rings. The van der Waals surface area contributed by atoms with Crippen LogP contribution >= 0.6 is 15.9 Å². The van der Waals surface area contributed by atoms with Gasteiger partial charge in [0, 0.05) is 24.0 Å². The number of benzene rings is 2. The van der Waals surface area contributed by atoms with Crippen molar-refractivity contribution in [3.05, 3.63) is 45.4 Å². The van der Waals surface area contributed by atoms with Gasteiger partial charge in [0.25, 0.3) is 5.91 Å². The Kier molecular flexibility index (Phi) is 7.10. The minimum Gasteiger partial charge on any atom is -0.493 e. The van der Waals surface area contributed by atoms with Gasteiger partial charge in [-0.25, -0.2) is 0 Å². The lowest BCUT2D eigenvalue weighted by molar-refractivity contribution is 0.0766. The van der Waals surface area contributed by atoms with Crippen molar-refractivity contribution in [2.24, 2.45) is 0 Å². The highest BCUT2D eigenvalue weighted by Crippen LogP contribution is 2.41. The van der Waals surface area contributed by atoms with E-state index in [4.69, 9.17) is 18.9 Å². The summed E-state index contributed by atoms with van der Waals surface area (Å²) in [6, 6.07) is 7.07. The second kappa shape index (κ2) is 9.57. The smallest absolute Gasteiger partial charge is 0.258 e. The molecule has 1 aliphatic heterocycles. The van der Waals surface area contributed by atoms with Gasteiger partial charge in [-0.05, 0) is 43.2 Å². The molecule has 1 N–H and O–H groups in total. The lowest BCUT2D eigenvalue weighted by atomic mass is 9.95. The van der Waals surface area contributed by atoms with Crippen molar-refractivity contribution >= 4 is 21.8 Å². The summed E-state index contributed by atoms with van der Waals surface area (Å²) in [5, 5.41) is 11.0. The van der Waals surface area contributed by atoms with Crippen LogP contribution in [-0.4, -0.2) is 50.0 Å². The number of aliphatic hydroxyl groups excluding tert-OH is 1. The summed E-state index contributed by atoms with van der Waals surface area (Å²) in [5.41, 5.74) is 1.72. The van der Waals surface area contributed by atoms with Gasteiger partial charge in [-0.3, -0.25) is 4.79 Å². The van der Waals surface area contributed by atoms with Crippen LogP contribution in [0.5, 0.6) is 23.0 Å². The molecule has 0 aromatic heterocycles. The molecule has 3 rings (SSSR count). The number of nitrogens with zero attached hydrogens (tertiary/aromatic N) is 1. The Morgan fingerprint density at radius 2 is 1.83 bits per heavy atom. The van der Waals surface area contributed by atoms with Gasteiger partial charge in [0.15, 0.2) is 23.0 Å². The van der Waals surface area contributed by atoms with Gasteiger partial charge in [0.1, 0.15) is 0 Å². The predicted molar refractivity (Wildman–Crippen MR) is 116 cm³/mol. The molecule has 0 radical (unpaired) electrons. The van der Waals surface area contributed by atoms with Crippen LogP contribution in [0.4, 0.5) is 0 Å². The van der Waals surface area contributed by atoms with Crippen LogP contribution < -0.4 is 18.9 Å². The summed E-state index contributed by atoms with van der Waals surface area (Å²) in [5.74, 6) is 1.88. The first-order valence-corrected chi connectivity index (χ1v) is 10.5. The summed E-state index contributed by atoms with van der Waals surface area (Å²) >= 11 is 3.49. The highest BCUT2D eigenvalue weighted by molar-refractivity contribution is 9.10. The number of methoxy groups -OCH3 is 2. The van der Waals surface area contributed by atoms with Crippen molar-refractivity contribution < 1.29 is 28.8 Å². The molecule has 0 saturated carbocycles. The zero-order chi connectivity index (χ0) is 21.8. The van der Waals surface area contributed by atoms with E-state index >= 15 is 0 Å². The summed E-state index contributed by atoms with van der Waals surface area (Å²) in [4.78, 5) is 15.0. The average molecular weight is 480 g/mol. The lowest BCUT2D eigenvalue weighted by Gasteiger charge is -2.24. The van der Waals surface area contributed by atoms with Gasteiger partial charge in [-0.1, -0.05) is 22.0 Å². The number of ether oxygens (including phenoxy) is 4. The molecule has 2 aromatic carbocycles. The molecule has 1 amide bonds. The summed E-state index contributed by atoms with van der Waals surface area (Å²) in [6.45, 7) is 5.12. The van der Waals surface area contributed by atoms with Crippen molar-refractivity contribution in [1.29, 1.82) is 0 Å². The summed E-state index contributed by atoms with van der Waals surface area (Å²) in [7, 11) is 3.03. The van der Waals surface area contributed by atoms with Crippen molar-refractivity contribution in [3.8, 4) is 23.0 Å². The minimum absolute atomic E-state index is 0.152. The minimum atomic E-state index is -0.879. The van der Waals surface area contributed by atoms with Crippen LogP contribution in [0.1, 0.15) is 41.4 Å². The van der Waals surface area contributed by atoms with Crippen molar-refractivity contribution in [2.75, 3.05) is 34.1 Å². The molecule has 30 heavy (non-hydrogen) atoms. The van der Waals surface area contributed by atoms with E-state index in [0.29, 0.717) is 57.3 Å². The number of amides is 1. The fourth-order valence-corrected chi connectivity index (χ4v) is 4.13. The van der Waals surface area contributed by atoms with E-state index < -0.39 is 6.10 Å². The first kappa shape index (κ1) is 22.2. The van der Waals surface area contributed by atoms with Crippen LogP contribution in [0.15, 0.2) is 28.7 Å². The average Bonchev–Trinajstić information content (AvgIpc) is 3.20. The molecule has 7 nitrogen and oxygen atoms in total. The Hall–Kier alpha value is -2.45. The largest absolute Gasteiger partial charge is 0.493 e.